The van der Waals surface area contributed by atoms with E-state index >= 15 is 0 Å². The monoisotopic (exact) mass is 264 g/mol. The zero-order valence-electron chi connectivity index (χ0n) is 10.3. The van der Waals surface area contributed by atoms with E-state index in [9.17, 15) is 0 Å². The van der Waals surface area contributed by atoms with Crippen molar-refractivity contribution in [3.63, 3.8) is 0 Å². The first-order valence-corrected chi connectivity index (χ1v) is 7.25. The second kappa shape index (κ2) is 5.20. The average molecular weight is 264 g/mol. The van der Waals surface area contributed by atoms with Crippen molar-refractivity contribution in [1.29, 1.82) is 0 Å². The minimum Gasteiger partial charge on any atom is -0.497 e. The van der Waals surface area contributed by atoms with Crippen LogP contribution in [0, 0.1) is 0 Å². The summed E-state index contributed by atoms with van der Waals surface area (Å²) in [6, 6.07) is 6.18. The molecular weight excluding hydrogens is 248 g/mol. The molecule has 3 rings (SSSR count). The van der Waals surface area contributed by atoms with Crippen molar-refractivity contribution < 1.29 is 9.15 Å². The fourth-order valence-electron chi connectivity index (χ4n) is 2.13. The van der Waals surface area contributed by atoms with Gasteiger partial charge in [-0.2, -0.15) is 11.8 Å². The first-order valence-electron chi connectivity index (χ1n) is 6.10. The molecule has 1 aliphatic heterocycles. The van der Waals surface area contributed by atoms with Gasteiger partial charge in [0.25, 0.3) is 0 Å². The topological polar surface area (TPSA) is 47.3 Å². The van der Waals surface area contributed by atoms with Crippen molar-refractivity contribution in [1.82, 2.24) is 10.3 Å². The van der Waals surface area contributed by atoms with E-state index in [-0.39, 0.29) is 0 Å². The van der Waals surface area contributed by atoms with Crippen LogP contribution in [0.25, 0.3) is 11.1 Å². The molecule has 1 aromatic carbocycles. The van der Waals surface area contributed by atoms with Crippen LogP contribution in [0.2, 0.25) is 0 Å². The zero-order chi connectivity index (χ0) is 12.4. The number of fused-ring (bicyclic) bond motifs is 1. The van der Waals surface area contributed by atoms with Gasteiger partial charge in [-0.25, -0.2) is 4.98 Å². The quantitative estimate of drug-likeness (QED) is 0.919. The lowest BCUT2D eigenvalue weighted by Gasteiger charge is -2.21. The fraction of sp³-hybridized carbons (Fsp3) is 0.462. The van der Waals surface area contributed by atoms with E-state index in [1.807, 2.05) is 30.0 Å². The van der Waals surface area contributed by atoms with Crippen molar-refractivity contribution >= 4 is 22.9 Å². The highest BCUT2D eigenvalue weighted by molar-refractivity contribution is 7.99. The number of thioether (sulfide) groups is 1. The number of benzene rings is 1. The summed E-state index contributed by atoms with van der Waals surface area (Å²) < 4.78 is 10.9. The van der Waals surface area contributed by atoms with Gasteiger partial charge in [0.2, 0.25) is 0 Å². The normalized spacial score (nSPS) is 20.2. The van der Waals surface area contributed by atoms with Crippen LogP contribution in [0.4, 0.5) is 0 Å². The molecule has 0 bridgehead atoms. The minimum absolute atomic E-state index is 0.471. The summed E-state index contributed by atoms with van der Waals surface area (Å²) in [5, 5.41) is 3.49. The summed E-state index contributed by atoms with van der Waals surface area (Å²) >= 11 is 1.98. The number of aromatic nitrogens is 1. The minimum atomic E-state index is 0.471. The number of ether oxygens (including phenoxy) is 1. The number of oxazole rings is 1. The first-order chi connectivity index (χ1) is 8.85. The lowest BCUT2D eigenvalue weighted by molar-refractivity contribution is 0.415. The second-order valence-electron chi connectivity index (χ2n) is 4.37. The second-order valence-corrected chi connectivity index (χ2v) is 5.52. The van der Waals surface area contributed by atoms with Gasteiger partial charge >= 0.3 is 0 Å². The van der Waals surface area contributed by atoms with Crippen molar-refractivity contribution in [3.05, 3.63) is 24.1 Å². The third-order valence-corrected chi connectivity index (χ3v) is 4.19. The van der Waals surface area contributed by atoms with Crippen LogP contribution in [-0.2, 0) is 6.42 Å². The highest BCUT2D eigenvalue weighted by Crippen LogP contribution is 2.22. The van der Waals surface area contributed by atoms with E-state index in [1.54, 1.807) is 7.11 Å². The summed E-state index contributed by atoms with van der Waals surface area (Å²) in [5.74, 6) is 3.94. The summed E-state index contributed by atoms with van der Waals surface area (Å²) in [5.41, 5.74) is 1.70. The highest BCUT2D eigenvalue weighted by atomic mass is 32.2. The fourth-order valence-corrected chi connectivity index (χ4v) is 3.08. The zero-order valence-corrected chi connectivity index (χ0v) is 11.1. The van der Waals surface area contributed by atoms with Gasteiger partial charge in [-0.1, -0.05) is 0 Å². The molecule has 0 spiro atoms. The molecule has 1 unspecified atom stereocenters. The highest BCUT2D eigenvalue weighted by Gasteiger charge is 2.16. The smallest absolute Gasteiger partial charge is 0.197 e. The summed E-state index contributed by atoms with van der Waals surface area (Å²) in [6.07, 6.45) is 0.851. The summed E-state index contributed by atoms with van der Waals surface area (Å²) in [6.45, 7) is 1.07. The Balaban J connectivity index is 1.79. The number of hydrogen-bond acceptors (Lipinski definition) is 5. The maximum absolute atomic E-state index is 5.75. The SMILES string of the molecule is COc1ccc2oc(CC3CSCCN3)nc2c1. The van der Waals surface area contributed by atoms with Crippen LogP contribution in [0.15, 0.2) is 22.6 Å². The van der Waals surface area contributed by atoms with Crippen molar-refractivity contribution in [2.75, 3.05) is 25.2 Å². The van der Waals surface area contributed by atoms with Gasteiger partial charge in [-0.15, -0.1) is 0 Å². The van der Waals surface area contributed by atoms with Gasteiger partial charge < -0.3 is 14.5 Å². The Kier molecular flexibility index (Phi) is 3.43. The van der Waals surface area contributed by atoms with Crippen LogP contribution in [0.3, 0.4) is 0 Å². The predicted octanol–water partition coefficient (Wildman–Crippen LogP) is 2.08. The Labute approximate surface area is 110 Å². The molecule has 0 aliphatic carbocycles. The molecule has 2 aromatic rings. The van der Waals surface area contributed by atoms with Crippen molar-refractivity contribution in [3.8, 4) is 5.75 Å². The molecular formula is C13H16N2O2S. The van der Waals surface area contributed by atoms with Gasteiger partial charge in [0.1, 0.15) is 11.3 Å². The molecule has 4 nitrogen and oxygen atoms in total. The Hall–Kier alpha value is -1.20. The van der Waals surface area contributed by atoms with Crippen molar-refractivity contribution in [2.24, 2.45) is 0 Å². The lowest BCUT2D eigenvalue weighted by atomic mass is 10.2. The Morgan fingerprint density at radius 1 is 1.56 bits per heavy atom. The first kappa shape index (κ1) is 11.9. The predicted molar refractivity (Wildman–Crippen MR) is 73.4 cm³/mol. The van der Waals surface area contributed by atoms with Gasteiger partial charge in [0.05, 0.1) is 7.11 Å². The Morgan fingerprint density at radius 2 is 2.50 bits per heavy atom. The van der Waals surface area contributed by atoms with Gasteiger partial charge in [0.15, 0.2) is 11.5 Å². The number of nitrogens with one attached hydrogen (secondary N) is 1. The maximum Gasteiger partial charge on any atom is 0.197 e. The Morgan fingerprint density at radius 3 is 3.28 bits per heavy atom. The standard InChI is InChI=1S/C13H16N2O2S/c1-16-10-2-3-12-11(7-10)15-13(17-12)6-9-8-18-5-4-14-9/h2-3,7,9,14H,4-6,8H2,1H3. The van der Waals surface area contributed by atoms with Crippen molar-refractivity contribution in [2.45, 2.75) is 12.5 Å². The Bertz CT molecular complexity index is 535. The van der Waals surface area contributed by atoms with E-state index < -0.39 is 0 Å². The molecule has 1 atom stereocenters. The molecule has 0 amide bonds. The van der Waals surface area contributed by atoms with Crippen LogP contribution >= 0.6 is 11.8 Å². The molecule has 18 heavy (non-hydrogen) atoms. The van der Waals surface area contributed by atoms with Crippen LogP contribution < -0.4 is 10.1 Å². The molecule has 1 fully saturated rings. The third kappa shape index (κ3) is 2.47. The molecule has 1 N–H and O–H groups in total. The third-order valence-electron chi connectivity index (χ3n) is 3.06. The van der Waals surface area contributed by atoms with E-state index in [1.165, 1.54) is 5.75 Å². The van der Waals surface area contributed by atoms with Gasteiger partial charge in [0, 0.05) is 36.6 Å². The summed E-state index contributed by atoms with van der Waals surface area (Å²) in [7, 11) is 1.66. The maximum atomic E-state index is 5.75. The molecule has 0 saturated carbocycles. The molecule has 2 heterocycles. The number of hydrogen-bond donors (Lipinski definition) is 1. The molecule has 5 heteroatoms. The van der Waals surface area contributed by atoms with E-state index in [0.717, 1.165) is 41.5 Å². The van der Waals surface area contributed by atoms with E-state index in [0.29, 0.717) is 6.04 Å². The molecule has 96 valence electrons. The van der Waals surface area contributed by atoms with E-state index in [2.05, 4.69) is 10.3 Å². The molecule has 1 aromatic heterocycles. The summed E-state index contributed by atoms with van der Waals surface area (Å²) in [4.78, 5) is 4.52. The van der Waals surface area contributed by atoms with Gasteiger partial charge in [-0.05, 0) is 12.1 Å². The number of methoxy groups -OCH3 is 1. The van der Waals surface area contributed by atoms with Crippen LogP contribution in [-0.4, -0.2) is 36.2 Å². The molecule has 0 radical (unpaired) electrons. The number of rotatable bonds is 3. The average Bonchev–Trinajstić information content (AvgIpc) is 2.80. The van der Waals surface area contributed by atoms with Gasteiger partial charge in [-0.3, -0.25) is 0 Å². The van der Waals surface area contributed by atoms with Crippen LogP contribution in [0.1, 0.15) is 5.89 Å². The van der Waals surface area contributed by atoms with E-state index in [4.69, 9.17) is 9.15 Å². The largest absolute Gasteiger partial charge is 0.497 e. The molecule has 1 saturated heterocycles. The number of nitrogens with zero attached hydrogens (tertiary/aromatic N) is 1. The van der Waals surface area contributed by atoms with Crippen LogP contribution in [0.5, 0.6) is 5.75 Å². The lowest BCUT2D eigenvalue weighted by Crippen LogP contribution is -2.38. The molecule has 1 aliphatic rings.